The third kappa shape index (κ3) is 10.8. The maximum atomic E-state index is 11.4. The largest absolute Gasteiger partial charge is 0.378 e. The Morgan fingerprint density at radius 1 is 1.06 bits per heavy atom. The van der Waals surface area contributed by atoms with Gasteiger partial charge in [0, 0.05) is 12.6 Å². The SMILES string of the molecule is CC(=O)COC1CCCCCC2=C1N(CCOCCOCCOCCNC(C)C)NN2. The molecule has 0 saturated heterocycles. The van der Waals surface area contributed by atoms with E-state index in [4.69, 9.17) is 18.9 Å². The molecule has 0 fully saturated rings. The fourth-order valence-corrected chi connectivity index (χ4v) is 3.60. The van der Waals surface area contributed by atoms with Crippen molar-refractivity contribution >= 4 is 5.78 Å². The topological polar surface area (TPSA) is 93.3 Å². The molecule has 0 saturated carbocycles. The van der Waals surface area contributed by atoms with Crippen LogP contribution in [-0.4, -0.2) is 82.3 Å². The van der Waals surface area contributed by atoms with Crippen LogP contribution in [-0.2, 0) is 23.7 Å². The van der Waals surface area contributed by atoms with Crippen molar-refractivity contribution < 1.29 is 23.7 Å². The van der Waals surface area contributed by atoms with E-state index in [0.717, 1.165) is 37.9 Å². The first-order valence-electron chi connectivity index (χ1n) is 11.7. The van der Waals surface area contributed by atoms with E-state index in [0.29, 0.717) is 52.2 Å². The van der Waals surface area contributed by atoms with E-state index in [1.807, 2.05) is 0 Å². The lowest BCUT2D eigenvalue weighted by Crippen LogP contribution is -2.42. The fourth-order valence-electron chi connectivity index (χ4n) is 3.60. The van der Waals surface area contributed by atoms with E-state index in [9.17, 15) is 4.79 Å². The van der Waals surface area contributed by atoms with Crippen molar-refractivity contribution in [3.63, 3.8) is 0 Å². The Labute approximate surface area is 187 Å². The molecular weight excluding hydrogens is 400 g/mol. The van der Waals surface area contributed by atoms with Crippen LogP contribution in [0.2, 0.25) is 0 Å². The van der Waals surface area contributed by atoms with Gasteiger partial charge in [-0.1, -0.05) is 26.7 Å². The van der Waals surface area contributed by atoms with Gasteiger partial charge in [-0.3, -0.25) is 9.80 Å². The lowest BCUT2D eigenvalue weighted by atomic mass is 9.99. The molecule has 31 heavy (non-hydrogen) atoms. The second-order valence-corrected chi connectivity index (χ2v) is 8.30. The predicted octanol–water partition coefficient (Wildman–Crippen LogP) is 1.51. The lowest BCUT2D eigenvalue weighted by molar-refractivity contribution is -0.123. The van der Waals surface area contributed by atoms with Crippen molar-refractivity contribution in [3.05, 3.63) is 11.4 Å². The van der Waals surface area contributed by atoms with Crippen LogP contribution in [0.5, 0.6) is 0 Å². The Balaban J connectivity index is 1.59. The number of nitrogens with zero attached hydrogens (tertiary/aromatic N) is 1. The average Bonchev–Trinajstić information content (AvgIpc) is 3.10. The van der Waals surface area contributed by atoms with Crippen molar-refractivity contribution in [2.24, 2.45) is 0 Å². The Morgan fingerprint density at radius 3 is 2.48 bits per heavy atom. The number of rotatable bonds is 16. The van der Waals surface area contributed by atoms with Gasteiger partial charge in [-0.15, -0.1) is 5.53 Å². The van der Waals surface area contributed by atoms with Gasteiger partial charge in [-0.25, -0.2) is 0 Å². The number of carbonyl (C=O) groups is 1. The number of allylic oxidation sites excluding steroid dienone is 1. The Bertz CT molecular complexity index is 544. The highest BCUT2D eigenvalue weighted by atomic mass is 16.5. The molecule has 1 atom stereocenters. The van der Waals surface area contributed by atoms with Gasteiger partial charge in [0.1, 0.15) is 12.7 Å². The van der Waals surface area contributed by atoms with Crippen LogP contribution in [0.4, 0.5) is 0 Å². The summed E-state index contributed by atoms with van der Waals surface area (Å²) < 4.78 is 22.7. The Morgan fingerprint density at radius 2 is 1.77 bits per heavy atom. The maximum absolute atomic E-state index is 11.4. The molecule has 9 heteroatoms. The molecule has 1 aliphatic heterocycles. The van der Waals surface area contributed by atoms with Crippen LogP contribution in [0.1, 0.15) is 52.9 Å². The molecule has 3 N–H and O–H groups in total. The standard InChI is InChI=1S/C22H42N4O5/c1-18(2)23-9-11-28-13-15-30-16-14-29-12-10-26-22-20(24-25-26)7-5-4-6-8-21(22)31-17-19(3)27/h18,21,23-25H,4-17H2,1-3H3. The molecular formula is C22H42N4O5. The molecule has 1 aliphatic carbocycles. The summed E-state index contributed by atoms with van der Waals surface area (Å²) in [5, 5.41) is 5.37. The number of hydrogen-bond donors (Lipinski definition) is 3. The summed E-state index contributed by atoms with van der Waals surface area (Å²) in [7, 11) is 0. The second kappa shape index (κ2) is 15.6. The van der Waals surface area contributed by atoms with Gasteiger partial charge in [-0.05, 0) is 26.2 Å². The molecule has 1 heterocycles. The Kier molecular flexibility index (Phi) is 13.1. The quantitative estimate of drug-likeness (QED) is 0.308. The summed E-state index contributed by atoms with van der Waals surface area (Å²) in [6, 6.07) is 0.484. The zero-order valence-corrected chi connectivity index (χ0v) is 19.5. The third-order valence-corrected chi connectivity index (χ3v) is 5.13. The molecule has 0 amide bonds. The number of ether oxygens (including phenoxy) is 4. The minimum absolute atomic E-state index is 0.0515. The molecule has 0 spiro atoms. The minimum atomic E-state index is -0.0687. The summed E-state index contributed by atoms with van der Waals surface area (Å²) in [5.41, 5.74) is 8.79. The predicted molar refractivity (Wildman–Crippen MR) is 119 cm³/mol. The zero-order chi connectivity index (χ0) is 22.3. The number of carbonyl (C=O) groups excluding carboxylic acids is 1. The van der Waals surface area contributed by atoms with Gasteiger partial charge in [0.15, 0.2) is 5.78 Å². The molecule has 0 aromatic heterocycles. The van der Waals surface area contributed by atoms with Crippen LogP contribution >= 0.6 is 0 Å². The van der Waals surface area contributed by atoms with E-state index >= 15 is 0 Å². The van der Waals surface area contributed by atoms with Gasteiger partial charge in [0.2, 0.25) is 0 Å². The molecule has 0 aromatic carbocycles. The summed E-state index contributed by atoms with van der Waals surface area (Å²) in [5.74, 6) is 0.0515. The fraction of sp³-hybridized carbons (Fsp3) is 0.864. The van der Waals surface area contributed by atoms with Gasteiger partial charge >= 0.3 is 0 Å². The molecule has 0 radical (unpaired) electrons. The van der Waals surface area contributed by atoms with Crippen LogP contribution in [0.25, 0.3) is 0 Å². The molecule has 1 unspecified atom stereocenters. The van der Waals surface area contributed by atoms with Crippen molar-refractivity contribution in [1.29, 1.82) is 0 Å². The summed E-state index contributed by atoms with van der Waals surface area (Å²) in [6.45, 7) is 11.1. The van der Waals surface area contributed by atoms with Gasteiger partial charge in [-0.2, -0.15) is 0 Å². The summed E-state index contributed by atoms with van der Waals surface area (Å²) in [6.07, 6.45) is 5.30. The average molecular weight is 443 g/mol. The van der Waals surface area contributed by atoms with Crippen LogP contribution in [0.3, 0.4) is 0 Å². The van der Waals surface area contributed by atoms with Crippen LogP contribution in [0.15, 0.2) is 11.4 Å². The molecule has 180 valence electrons. The highest BCUT2D eigenvalue weighted by Crippen LogP contribution is 2.28. The number of hydrogen-bond acceptors (Lipinski definition) is 9. The van der Waals surface area contributed by atoms with Crippen LogP contribution < -0.4 is 16.3 Å². The van der Waals surface area contributed by atoms with Crippen molar-refractivity contribution in [1.82, 2.24) is 21.3 Å². The number of hydrazine groups is 2. The van der Waals surface area contributed by atoms with E-state index in [2.05, 4.69) is 35.1 Å². The minimum Gasteiger partial charge on any atom is -0.378 e. The molecule has 9 nitrogen and oxygen atoms in total. The number of ketones is 1. The zero-order valence-electron chi connectivity index (χ0n) is 19.5. The number of nitrogens with one attached hydrogen (secondary N) is 3. The van der Waals surface area contributed by atoms with Crippen LogP contribution in [0, 0.1) is 0 Å². The van der Waals surface area contributed by atoms with Gasteiger partial charge < -0.3 is 29.7 Å². The molecule has 2 aliphatic rings. The molecule has 0 aromatic rings. The maximum Gasteiger partial charge on any atom is 0.155 e. The third-order valence-electron chi connectivity index (χ3n) is 5.13. The highest BCUT2D eigenvalue weighted by molar-refractivity contribution is 5.76. The molecule has 2 rings (SSSR count). The normalized spacial score (nSPS) is 19.4. The smallest absolute Gasteiger partial charge is 0.155 e. The van der Waals surface area contributed by atoms with Crippen molar-refractivity contribution in [3.8, 4) is 0 Å². The van der Waals surface area contributed by atoms with Crippen molar-refractivity contribution in [2.45, 2.75) is 65.0 Å². The van der Waals surface area contributed by atoms with E-state index in [1.54, 1.807) is 6.92 Å². The van der Waals surface area contributed by atoms with Gasteiger partial charge in [0.25, 0.3) is 0 Å². The Hall–Kier alpha value is -1.23. The first-order chi connectivity index (χ1) is 15.1. The number of Topliss-reactive ketones (excluding diaryl/α,β-unsaturated/α-hetero) is 1. The van der Waals surface area contributed by atoms with Crippen molar-refractivity contribution in [2.75, 3.05) is 59.3 Å². The first kappa shape index (κ1) is 26.0. The monoisotopic (exact) mass is 442 g/mol. The second-order valence-electron chi connectivity index (χ2n) is 8.30. The van der Waals surface area contributed by atoms with E-state index < -0.39 is 0 Å². The summed E-state index contributed by atoms with van der Waals surface area (Å²) in [4.78, 5) is 11.4. The first-order valence-corrected chi connectivity index (χ1v) is 11.7. The summed E-state index contributed by atoms with van der Waals surface area (Å²) >= 11 is 0. The van der Waals surface area contributed by atoms with E-state index in [-0.39, 0.29) is 18.5 Å². The molecule has 0 bridgehead atoms. The van der Waals surface area contributed by atoms with E-state index in [1.165, 1.54) is 12.1 Å². The van der Waals surface area contributed by atoms with Gasteiger partial charge in [0.05, 0.1) is 57.6 Å². The lowest BCUT2D eigenvalue weighted by Gasteiger charge is -2.28. The highest BCUT2D eigenvalue weighted by Gasteiger charge is 2.30.